The molecule has 0 bridgehead atoms. The van der Waals surface area contributed by atoms with Crippen molar-refractivity contribution in [3.63, 3.8) is 0 Å². The lowest BCUT2D eigenvalue weighted by atomic mass is 10.1. The van der Waals surface area contributed by atoms with Gasteiger partial charge >= 0.3 is 5.97 Å². The van der Waals surface area contributed by atoms with Crippen LogP contribution in [0.3, 0.4) is 0 Å². The van der Waals surface area contributed by atoms with Crippen LogP contribution in [-0.4, -0.2) is 23.1 Å². The van der Waals surface area contributed by atoms with Gasteiger partial charge in [-0.05, 0) is 44.0 Å². The molecule has 1 aromatic heterocycles. The molecule has 2 rings (SSSR count). The number of carbonyl (C=O) groups is 1. The van der Waals surface area contributed by atoms with E-state index >= 15 is 0 Å². The monoisotopic (exact) mass is 284 g/mol. The molecule has 0 spiro atoms. The average Bonchev–Trinajstić information content (AvgIpc) is 2.45. The summed E-state index contributed by atoms with van der Waals surface area (Å²) in [4.78, 5) is 17.7. The second-order valence-corrected chi connectivity index (χ2v) is 5.13. The number of carboxylic acid groups (broad SMARTS) is 1. The molecule has 0 aliphatic rings. The molecule has 0 aliphatic heterocycles. The van der Waals surface area contributed by atoms with Gasteiger partial charge in [-0.25, -0.2) is 4.79 Å². The minimum Gasteiger partial charge on any atom is -0.478 e. The van der Waals surface area contributed by atoms with Crippen molar-refractivity contribution in [3.05, 3.63) is 52.8 Å². The maximum atomic E-state index is 11.5. The van der Waals surface area contributed by atoms with Gasteiger partial charge in [0.2, 0.25) is 0 Å². The maximum Gasteiger partial charge on any atom is 0.339 e. The lowest BCUT2D eigenvalue weighted by Crippen LogP contribution is -2.16. The van der Waals surface area contributed by atoms with Gasteiger partial charge < -0.3 is 10.0 Å². The van der Waals surface area contributed by atoms with Crippen LogP contribution in [0.15, 0.2) is 30.3 Å². The fraction of sp³-hybridized carbons (Fsp3) is 0.294. The summed E-state index contributed by atoms with van der Waals surface area (Å²) in [6.07, 6.45) is 0.984. The smallest absolute Gasteiger partial charge is 0.339 e. The number of pyridine rings is 1. The highest BCUT2D eigenvalue weighted by molar-refractivity contribution is 5.96. The highest BCUT2D eigenvalue weighted by atomic mass is 16.4. The van der Waals surface area contributed by atoms with Crippen molar-refractivity contribution in [3.8, 4) is 0 Å². The molecule has 21 heavy (non-hydrogen) atoms. The Bertz CT molecular complexity index is 663. The first kappa shape index (κ1) is 15.0. The summed E-state index contributed by atoms with van der Waals surface area (Å²) in [6, 6.07) is 9.95. The topological polar surface area (TPSA) is 53.4 Å². The molecule has 2 aromatic rings. The summed E-state index contributed by atoms with van der Waals surface area (Å²) in [7, 11) is 1.88. The Morgan fingerprint density at radius 1 is 1.24 bits per heavy atom. The van der Waals surface area contributed by atoms with Gasteiger partial charge in [0.25, 0.3) is 0 Å². The Balaban J connectivity index is 2.51. The number of carboxylic acids is 1. The third kappa shape index (κ3) is 3.05. The first-order valence-electron chi connectivity index (χ1n) is 6.98. The number of aromatic nitrogens is 1. The summed E-state index contributed by atoms with van der Waals surface area (Å²) in [5.74, 6) is -0.952. The van der Waals surface area contributed by atoms with Gasteiger partial charge in [0, 0.05) is 18.4 Å². The Labute approximate surface area is 125 Å². The predicted molar refractivity (Wildman–Crippen MR) is 84.6 cm³/mol. The fourth-order valence-electron chi connectivity index (χ4n) is 2.43. The molecule has 0 amide bonds. The van der Waals surface area contributed by atoms with E-state index < -0.39 is 5.97 Å². The van der Waals surface area contributed by atoms with E-state index in [1.807, 2.05) is 37.1 Å². The summed E-state index contributed by atoms with van der Waals surface area (Å²) in [6.45, 7) is 5.71. The molecule has 0 saturated carbocycles. The summed E-state index contributed by atoms with van der Waals surface area (Å²) in [5, 5.41) is 9.45. The van der Waals surface area contributed by atoms with Gasteiger partial charge in [0.05, 0.1) is 11.4 Å². The lowest BCUT2D eigenvalue weighted by molar-refractivity contribution is 0.0696. The number of aromatic carboxylic acids is 1. The molecular weight excluding hydrogens is 264 g/mol. The van der Waals surface area contributed by atoms with Crippen LogP contribution in [0.1, 0.15) is 34.2 Å². The Morgan fingerprint density at radius 2 is 1.86 bits per heavy atom. The molecule has 0 radical (unpaired) electrons. The third-order valence-corrected chi connectivity index (χ3v) is 3.61. The molecule has 110 valence electrons. The van der Waals surface area contributed by atoms with E-state index in [2.05, 4.69) is 24.0 Å². The maximum absolute atomic E-state index is 11.5. The van der Waals surface area contributed by atoms with Crippen molar-refractivity contribution in [1.29, 1.82) is 0 Å². The van der Waals surface area contributed by atoms with E-state index in [0.29, 0.717) is 11.4 Å². The van der Waals surface area contributed by atoms with E-state index in [0.717, 1.165) is 17.8 Å². The molecule has 0 saturated heterocycles. The molecule has 1 heterocycles. The SMILES string of the molecule is CCc1ccc(N(C)c2cc(C)nc(C)c2C(=O)O)cc1. The molecule has 0 fully saturated rings. The van der Waals surface area contributed by atoms with Crippen LogP contribution >= 0.6 is 0 Å². The fourth-order valence-corrected chi connectivity index (χ4v) is 2.43. The Hall–Kier alpha value is -2.36. The van der Waals surface area contributed by atoms with Gasteiger partial charge in [-0.3, -0.25) is 4.98 Å². The predicted octanol–water partition coefficient (Wildman–Crippen LogP) is 3.73. The number of hydrogen-bond donors (Lipinski definition) is 1. The molecule has 1 N–H and O–H groups in total. The van der Waals surface area contributed by atoms with Crippen molar-refractivity contribution in [2.24, 2.45) is 0 Å². The zero-order valence-corrected chi connectivity index (χ0v) is 12.8. The summed E-state index contributed by atoms with van der Waals surface area (Å²) < 4.78 is 0. The minimum atomic E-state index is -0.952. The number of hydrogen-bond acceptors (Lipinski definition) is 3. The van der Waals surface area contributed by atoms with Crippen molar-refractivity contribution in [1.82, 2.24) is 4.98 Å². The number of anilines is 2. The van der Waals surface area contributed by atoms with Crippen molar-refractivity contribution >= 4 is 17.3 Å². The molecular formula is C17H20N2O2. The number of rotatable bonds is 4. The second kappa shape index (κ2) is 5.95. The zero-order valence-electron chi connectivity index (χ0n) is 12.8. The quantitative estimate of drug-likeness (QED) is 0.929. The Morgan fingerprint density at radius 3 is 2.38 bits per heavy atom. The van der Waals surface area contributed by atoms with Gasteiger partial charge in [-0.2, -0.15) is 0 Å². The van der Waals surface area contributed by atoms with Crippen LogP contribution in [0.25, 0.3) is 0 Å². The van der Waals surface area contributed by atoms with E-state index in [1.165, 1.54) is 5.56 Å². The highest BCUT2D eigenvalue weighted by Crippen LogP contribution is 2.29. The first-order valence-corrected chi connectivity index (χ1v) is 6.98. The number of aryl methyl sites for hydroxylation is 3. The van der Waals surface area contributed by atoms with Crippen LogP contribution in [0.5, 0.6) is 0 Å². The Kier molecular flexibility index (Phi) is 4.26. The van der Waals surface area contributed by atoms with Gasteiger partial charge in [0.1, 0.15) is 5.56 Å². The lowest BCUT2D eigenvalue weighted by Gasteiger charge is -2.23. The molecule has 0 aliphatic carbocycles. The number of nitrogens with zero attached hydrogens (tertiary/aromatic N) is 2. The molecule has 0 unspecified atom stereocenters. The molecule has 4 heteroatoms. The average molecular weight is 284 g/mol. The van der Waals surface area contributed by atoms with Gasteiger partial charge in [-0.1, -0.05) is 19.1 Å². The van der Waals surface area contributed by atoms with Crippen molar-refractivity contribution in [2.45, 2.75) is 27.2 Å². The normalized spacial score (nSPS) is 10.5. The van der Waals surface area contributed by atoms with E-state index in [9.17, 15) is 9.90 Å². The minimum absolute atomic E-state index is 0.252. The standard InChI is InChI=1S/C17H20N2O2/c1-5-13-6-8-14(9-7-13)19(4)15-10-11(2)18-12(3)16(15)17(20)21/h6-10H,5H2,1-4H3,(H,20,21). The summed E-state index contributed by atoms with van der Waals surface area (Å²) >= 11 is 0. The van der Waals surface area contributed by atoms with E-state index in [-0.39, 0.29) is 5.56 Å². The second-order valence-electron chi connectivity index (χ2n) is 5.13. The first-order chi connectivity index (χ1) is 9.93. The van der Waals surface area contributed by atoms with Crippen LogP contribution in [-0.2, 0) is 6.42 Å². The van der Waals surface area contributed by atoms with Crippen LogP contribution in [0.4, 0.5) is 11.4 Å². The highest BCUT2D eigenvalue weighted by Gasteiger charge is 2.19. The molecule has 4 nitrogen and oxygen atoms in total. The van der Waals surface area contributed by atoms with Gasteiger partial charge in [-0.15, -0.1) is 0 Å². The van der Waals surface area contributed by atoms with Crippen LogP contribution in [0.2, 0.25) is 0 Å². The van der Waals surface area contributed by atoms with Crippen molar-refractivity contribution < 1.29 is 9.90 Å². The summed E-state index contributed by atoms with van der Waals surface area (Å²) in [5.41, 5.74) is 4.48. The zero-order chi connectivity index (χ0) is 15.6. The van der Waals surface area contributed by atoms with E-state index in [1.54, 1.807) is 6.92 Å². The van der Waals surface area contributed by atoms with Crippen molar-refractivity contribution in [2.75, 3.05) is 11.9 Å². The third-order valence-electron chi connectivity index (χ3n) is 3.61. The molecule has 0 atom stereocenters. The molecule has 1 aromatic carbocycles. The number of benzene rings is 1. The van der Waals surface area contributed by atoms with Crippen LogP contribution < -0.4 is 4.90 Å². The van der Waals surface area contributed by atoms with Crippen LogP contribution in [0, 0.1) is 13.8 Å². The van der Waals surface area contributed by atoms with E-state index in [4.69, 9.17) is 0 Å². The largest absolute Gasteiger partial charge is 0.478 e. The van der Waals surface area contributed by atoms with Gasteiger partial charge in [0.15, 0.2) is 0 Å².